The lowest BCUT2D eigenvalue weighted by atomic mass is 10.2. The van der Waals surface area contributed by atoms with Crippen molar-refractivity contribution in [2.24, 2.45) is 0 Å². The van der Waals surface area contributed by atoms with Crippen LogP contribution in [0.2, 0.25) is 0 Å². The smallest absolute Gasteiger partial charge is 0.227 e. The molecule has 0 saturated heterocycles. The summed E-state index contributed by atoms with van der Waals surface area (Å²) in [5, 5.41) is 9.87. The van der Waals surface area contributed by atoms with Crippen molar-refractivity contribution in [3.8, 4) is 0 Å². The van der Waals surface area contributed by atoms with Crippen LogP contribution in [-0.4, -0.2) is 20.7 Å². The fourth-order valence-corrected chi connectivity index (χ4v) is 2.63. The molecule has 0 spiro atoms. The van der Waals surface area contributed by atoms with E-state index in [4.69, 9.17) is 12.2 Å². The number of aromatic amines is 1. The van der Waals surface area contributed by atoms with Crippen molar-refractivity contribution in [1.29, 1.82) is 0 Å². The second-order valence-corrected chi connectivity index (χ2v) is 5.84. The van der Waals surface area contributed by atoms with E-state index in [0.717, 1.165) is 11.1 Å². The predicted octanol–water partition coefficient (Wildman–Crippen LogP) is 2.85. The van der Waals surface area contributed by atoms with Crippen molar-refractivity contribution < 1.29 is 4.79 Å². The van der Waals surface area contributed by atoms with Gasteiger partial charge < -0.3 is 5.32 Å². The fourth-order valence-electron chi connectivity index (χ4n) is 2.42. The second kappa shape index (κ2) is 7.70. The van der Waals surface area contributed by atoms with Gasteiger partial charge in [0.05, 0.1) is 13.0 Å². The first-order valence-corrected chi connectivity index (χ1v) is 8.12. The maximum Gasteiger partial charge on any atom is 0.227 e. The van der Waals surface area contributed by atoms with Gasteiger partial charge in [0.15, 0.2) is 4.77 Å². The molecular formula is C18H18N4OS. The monoisotopic (exact) mass is 338 g/mol. The number of hydrogen-bond acceptors (Lipinski definition) is 3. The first-order chi connectivity index (χ1) is 11.7. The van der Waals surface area contributed by atoms with E-state index < -0.39 is 0 Å². The normalized spacial score (nSPS) is 10.5. The van der Waals surface area contributed by atoms with Crippen LogP contribution < -0.4 is 5.32 Å². The van der Waals surface area contributed by atoms with Crippen LogP contribution in [0, 0.1) is 4.77 Å². The molecule has 3 aromatic rings. The molecule has 0 aliphatic rings. The molecule has 0 aliphatic carbocycles. The van der Waals surface area contributed by atoms with Gasteiger partial charge in [-0.3, -0.25) is 14.5 Å². The first kappa shape index (κ1) is 16.1. The van der Waals surface area contributed by atoms with E-state index in [1.54, 1.807) is 0 Å². The van der Waals surface area contributed by atoms with E-state index in [9.17, 15) is 4.79 Å². The highest BCUT2D eigenvalue weighted by Crippen LogP contribution is 2.07. The van der Waals surface area contributed by atoms with Crippen LogP contribution in [0.5, 0.6) is 0 Å². The molecule has 0 aliphatic heterocycles. The topological polar surface area (TPSA) is 62.7 Å². The zero-order chi connectivity index (χ0) is 16.8. The van der Waals surface area contributed by atoms with Crippen LogP contribution in [-0.2, 0) is 24.3 Å². The van der Waals surface area contributed by atoms with Gasteiger partial charge in [-0.05, 0) is 23.3 Å². The number of carbonyl (C=O) groups is 1. The molecular weight excluding hydrogens is 320 g/mol. The summed E-state index contributed by atoms with van der Waals surface area (Å²) < 4.78 is 2.37. The van der Waals surface area contributed by atoms with E-state index in [-0.39, 0.29) is 12.3 Å². The number of nitrogens with one attached hydrogen (secondary N) is 2. The minimum atomic E-state index is -0.0813. The molecule has 0 saturated carbocycles. The van der Waals surface area contributed by atoms with Crippen molar-refractivity contribution in [3.05, 3.63) is 82.4 Å². The summed E-state index contributed by atoms with van der Waals surface area (Å²) in [7, 11) is 0. The number of aromatic nitrogens is 3. The number of nitrogens with zero attached hydrogens (tertiary/aromatic N) is 2. The predicted molar refractivity (Wildman–Crippen MR) is 94.9 cm³/mol. The number of benzene rings is 2. The molecule has 3 rings (SSSR count). The Bertz CT molecular complexity index is 855. The third kappa shape index (κ3) is 4.17. The quantitative estimate of drug-likeness (QED) is 0.679. The first-order valence-electron chi connectivity index (χ1n) is 7.71. The third-order valence-electron chi connectivity index (χ3n) is 3.67. The molecule has 5 nitrogen and oxygen atoms in total. The van der Waals surface area contributed by atoms with Crippen LogP contribution in [0.1, 0.15) is 17.0 Å². The summed E-state index contributed by atoms with van der Waals surface area (Å²) in [6, 6.07) is 19.8. The summed E-state index contributed by atoms with van der Waals surface area (Å²) in [6.07, 6.45) is 0.187. The number of hydrogen-bond donors (Lipinski definition) is 2. The number of amides is 1. The van der Waals surface area contributed by atoms with Crippen LogP contribution in [0.3, 0.4) is 0 Å². The van der Waals surface area contributed by atoms with Crippen LogP contribution in [0.25, 0.3) is 0 Å². The lowest BCUT2D eigenvalue weighted by Crippen LogP contribution is -2.26. The molecule has 122 valence electrons. The molecule has 0 fully saturated rings. The Labute approximate surface area is 145 Å². The third-order valence-corrected chi connectivity index (χ3v) is 3.98. The molecule has 2 aromatic carbocycles. The Balaban J connectivity index is 1.65. The van der Waals surface area contributed by atoms with Gasteiger partial charge in [0.1, 0.15) is 5.82 Å². The van der Waals surface area contributed by atoms with Gasteiger partial charge in [-0.1, -0.05) is 60.7 Å². The van der Waals surface area contributed by atoms with Crippen molar-refractivity contribution in [3.63, 3.8) is 0 Å². The number of rotatable bonds is 6. The Hall–Kier alpha value is -2.73. The van der Waals surface area contributed by atoms with Gasteiger partial charge in [-0.15, -0.1) is 0 Å². The van der Waals surface area contributed by atoms with Crippen molar-refractivity contribution in [1.82, 2.24) is 20.1 Å². The standard InChI is InChI=1S/C18H18N4OS/c23-17(19-12-14-7-3-1-4-8-14)11-16-20-21-18(24)22(16)13-15-9-5-2-6-10-15/h1-10H,11-13H2,(H,19,23)(H,21,24). The Morgan fingerprint density at radius 1 is 1.04 bits per heavy atom. The molecule has 1 amide bonds. The highest BCUT2D eigenvalue weighted by Gasteiger charge is 2.11. The van der Waals surface area contributed by atoms with E-state index in [1.165, 1.54) is 0 Å². The summed E-state index contributed by atoms with van der Waals surface area (Å²) in [4.78, 5) is 12.2. The van der Waals surface area contributed by atoms with Gasteiger partial charge in [0.2, 0.25) is 5.91 Å². The van der Waals surface area contributed by atoms with E-state index in [0.29, 0.717) is 23.7 Å². The summed E-state index contributed by atoms with van der Waals surface area (Å²) in [5.74, 6) is 0.552. The average Bonchev–Trinajstić information content (AvgIpc) is 2.95. The van der Waals surface area contributed by atoms with Gasteiger partial charge in [0.25, 0.3) is 0 Å². The minimum absolute atomic E-state index is 0.0813. The SMILES string of the molecule is O=C(Cc1n[nH]c(=S)n1Cc1ccccc1)NCc1ccccc1. The zero-order valence-corrected chi connectivity index (χ0v) is 13.9. The van der Waals surface area contributed by atoms with Crippen LogP contribution in [0.15, 0.2) is 60.7 Å². The lowest BCUT2D eigenvalue weighted by molar-refractivity contribution is -0.120. The van der Waals surface area contributed by atoms with Crippen LogP contribution >= 0.6 is 12.2 Å². The fraction of sp³-hybridized carbons (Fsp3) is 0.167. The molecule has 0 unspecified atom stereocenters. The molecule has 24 heavy (non-hydrogen) atoms. The highest BCUT2D eigenvalue weighted by molar-refractivity contribution is 7.71. The van der Waals surface area contributed by atoms with Gasteiger partial charge >= 0.3 is 0 Å². The molecule has 0 atom stereocenters. The molecule has 0 radical (unpaired) electrons. The highest BCUT2D eigenvalue weighted by atomic mass is 32.1. The molecule has 1 heterocycles. The van der Waals surface area contributed by atoms with Crippen molar-refractivity contribution in [2.45, 2.75) is 19.5 Å². The zero-order valence-electron chi connectivity index (χ0n) is 13.1. The maximum atomic E-state index is 12.2. The van der Waals surface area contributed by atoms with E-state index in [1.807, 2.05) is 65.2 Å². The minimum Gasteiger partial charge on any atom is -0.352 e. The van der Waals surface area contributed by atoms with Crippen molar-refractivity contribution in [2.75, 3.05) is 0 Å². The van der Waals surface area contributed by atoms with E-state index in [2.05, 4.69) is 15.5 Å². The number of carbonyl (C=O) groups excluding carboxylic acids is 1. The van der Waals surface area contributed by atoms with E-state index >= 15 is 0 Å². The largest absolute Gasteiger partial charge is 0.352 e. The van der Waals surface area contributed by atoms with Gasteiger partial charge in [-0.2, -0.15) is 5.10 Å². The van der Waals surface area contributed by atoms with Gasteiger partial charge in [-0.25, -0.2) is 0 Å². The Morgan fingerprint density at radius 2 is 1.67 bits per heavy atom. The van der Waals surface area contributed by atoms with Crippen LogP contribution in [0.4, 0.5) is 0 Å². The molecule has 2 N–H and O–H groups in total. The molecule has 6 heteroatoms. The molecule has 1 aromatic heterocycles. The van der Waals surface area contributed by atoms with Crippen molar-refractivity contribution >= 4 is 18.1 Å². The second-order valence-electron chi connectivity index (χ2n) is 5.46. The Morgan fingerprint density at radius 3 is 2.33 bits per heavy atom. The average molecular weight is 338 g/mol. The lowest BCUT2D eigenvalue weighted by Gasteiger charge is -2.08. The summed E-state index contributed by atoms with van der Waals surface area (Å²) in [6.45, 7) is 1.10. The summed E-state index contributed by atoms with van der Waals surface area (Å²) in [5.41, 5.74) is 2.18. The number of H-pyrrole nitrogens is 1. The maximum absolute atomic E-state index is 12.2. The molecule has 0 bridgehead atoms. The Kier molecular flexibility index (Phi) is 5.18. The summed E-state index contributed by atoms with van der Waals surface area (Å²) >= 11 is 5.28. The van der Waals surface area contributed by atoms with Gasteiger partial charge in [0, 0.05) is 6.54 Å².